The molecule has 0 bridgehead atoms. The van der Waals surface area contributed by atoms with Gasteiger partial charge in [0.1, 0.15) is 5.75 Å². The molecular formula is C12H16N2O4. The van der Waals surface area contributed by atoms with Crippen LogP contribution in [0.4, 0.5) is 11.4 Å². The number of aliphatic carboxylic acids is 1. The van der Waals surface area contributed by atoms with Crippen LogP contribution in [0.15, 0.2) is 18.2 Å². The predicted molar refractivity (Wildman–Crippen MR) is 68.0 cm³/mol. The van der Waals surface area contributed by atoms with E-state index in [1.807, 2.05) is 0 Å². The first-order valence-corrected chi connectivity index (χ1v) is 5.44. The number of nitrogens with one attached hydrogen (secondary N) is 2. The maximum absolute atomic E-state index is 10.9. The third-order valence-corrected chi connectivity index (χ3v) is 2.17. The Kier molecular flexibility index (Phi) is 4.98. The van der Waals surface area contributed by atoms with Gasteiger partial charge in [0.25, 0.3) is 0 Å². The average Bonchev–Trinajstić information content (AvgIpc) is 2.28. The minimum atomic E-state index is -0.875. The number of benzene rings is 1. The van der Waals surface area contributed by atoms with E-state index in [9.17, 15) is 9.59 Å². The van der Waals surface area contributed by atoms with E-state index in [-0.39, 0.29) is 18.9 Å². The van der Waals surface area contributed by atoms with Crippen molar-refractivity contribution in [2.45, 2.75) is 13.3 Å². The zero-order valence-corrected chi connectivity index (χ0v) is 10.3. The standard InChI is InChI=1S/C12H16N2O4/c1-8(15)14-9-3-4-11(18-2)10(7-9)13-6-5-12(16)17/h3-4,7,13H,5-6H2,1-2H3,(H,14,15)(H,16,17). The second kappa shape index (κ2) is 6.48. The number of methoxy groups -OCH3 is 1. The van der Waals surface area contributed by atoms with Gasteiger partial charge in [-0.3, -0.25) is 9.59 Å². The van der Waals surface area contributed by atoms with E-state index in [4.69, 9.17) is 9.84 Å². The van der Waals surface area contributed by atoms with Gasteiger partial charge in [-0.15, -0.1) is 0 Å². The van der Waals surface area contributed by atoms with E-state index in [0.717, 1.165) is 0 Å². The van der Waals surface area contributed by atoms with Gasteiger partial charge in [0.15, 0.2) is 0 Å². The summed E-state index contributed by atoms with van der Waals surface area (Å²) in [5.41, 5.74) is 1.27. The number of carboxylic acid groups (broad SMARTS) is 1. The Morgan fingerprint density at radius 3 is 2.67 bits per heavy atom. The average molecular weight is 252 g/mol. The molecule has 0 saturated heterocycles. The van der Waals surface area contributed by atoms with Crippen molar-refractivity contribution in [3.63, 3.8) is 0 Å². The summed E-state index contributed by atoms with van der Waals surface area (Å²) in [7, 11) is 1.52. The summed E-state index contributed by atoms with van der Waals surface area (Å²) >= 11 is 0. The molecule has 98 valence electrons. The lowest BCUT2D eigenvalue weighted by atomic mass is 10.2. The molecule has 1 amide bonds. The number of hydrogen-bond donors (Lipinski definition) is 3. The molecule has 1 rings (SSSR count). The van der Waals surface area contributed by atoms with Crippen molar-refractivity contribution in [3.05, 3.63) is 18.2 Å². The first-order valence-electron chi connectivity index (χ1n) is 5.44. The summed E-state index contributed by atoms with van der Waals surface area (Å²) in [6.07, 6.45) is 0.00746. The Bertz CT molecular complexity index is 446. The summed E-state index contributed by atoms with van der Waals surface area (Å²) in [5.74, 6) is -0.453. The van der Waals surface area contributed by atoms with E-state index < -0.39 is 5.97 Å². The lowest BCUT2D eigenvalue weighted by Crippen LogP contribution is -2.10. The van der Waals surface area contributed by atoms with E-state index in [1.54, 1.807) is 18.2 Å². The van der Waals surface area contributed by atoms with Crippen molar-refractivity contribution < 1.29 is 19.4 Å². The smallest absolute Gasteiger partial charge is 0.305 e. The van der Waals surface area contributed by atoms with Gasteiger partial charge in [-0.1, -0.05) is 0 Å². The molecular weight excluding hydrogens is 236 g/mol. The first kappa shape index (κ1) is 13.8. The van der Waals surface area contributed by atoms with Gasteiger partial charge in [-0.2, -0.15) is 0 Å². The molecule has 0 aromatic heterocycles. The van der Waals surface area contributed by atoms with E-state index in [2.05, 4.69) is 10.6 Å². The number of carbonyl (C=O) groups excluding carboxylic acids is 1. The molecule has 0 spiro atoms. The van der Waals surface area contributed by atoms with Crippen LogP contribution < -0.4 is 15.4 Å². The Hall–Kier alpha value is -2.24. The monoisotopic (exact) mass is 252 g/mol. The fraction of sp³-hybridized carbons (Fsp3) is 0.333. The molecule has 0 aliphatic rings. The number of carboxylic acids is 1. The van der Waals surface area contributed by atoms with Crippen LogP contribution in [0.5, 0.6) is 5.75 Å². The van der Waals surface area contributed by atoms with E-state index >= 15 is 0 Å². The maximum Gasteiger partial charge on any atom is 0.305 e. The maximum atomic E-state index is 10.9. The number of hydrogen-bond acceptors (Lipinski definition) is 4. The van der Waals surface area contributed by atoms with Gasteiger partial charge in [0, 0.05) is 19.2 Å². The molecule has 1 aromatic rings. The van der Waals surface area contributed by atoms with Crippen LogP contribution in [0.25, 0.3) is 0 Å². The van der Waals surface area contributed by atoms with E-state index in [1.165, 1.54) is 14.0 Å². The summed E-state index contributed by atoms with van der Waals surface area (Å²) in [6.45, 7) is 1.71. The molecule has 0 saturated carbocycles. The second-order valence-corrected chi connectivity index (χ2v) is 3.67. The van der Waals surface area contributed by atoms with E-state index in [0.29, 0.717) is 17.1 Å². The minimum absolute atomic E-state index is 0.00746. The van der Waals surface area contributed by atoms with Crippen LogP contribution in [0, 0.1) is 0 Å². The molecule has 6 heteroatoms. The van der Waals surface area contributed by atoms with Crippen LogP contribution >= 0.6 is 0 Å². The highest BCUT2D eigenvalue weighted by molar-refractivity contribution is 5.89. The first-order chi connectivity index (χ1) is 8.52. The van der Waals surface area contributed by atoms with Crippen LogP contribution in [0.3, 0.4) is 0 Å². The molecule has 0 aliphatic carbocycles. The molecule has 0 radical (unpaired) electrons. The topological polar surface area (TPSA) is 87.7 Å². The fourth-order valence-electron chi connectivity index (χ4n) is 1.43. The lowest BCUT2D eigenvalue weighted by molar-refractivity contribution is -0.136. The molecule has 0 unspecified atom stereocenters. The number of carbonyl (C=O) groups is 2. The van der Waals surface area contributed by atoms with Gasteiger partial charge in [-0.25, -0.2) is 0 Å². The number of ether oxygens (including phenoxy) is 1. The summed E-state index contributed by atoms with van der Waals surface area (Å²) < 4.78 is 5.14. The Balaban J connectivity index is 2.78. The van der Waals surface area contributed by atoms with Crippen molar-refractivity contribution >= 4 is 23.3 Å². The molecule has 0 heterocycles. The van der Waals surface area contributed by atoms with Gasteiger partial charge >= 0.3 is 5.97 Å². The third-order valence-electron chi connectivity index (χ3n) is 2.17. The largest absolute Gasteiger partial charge is 0.495 e. The highest BCUT2D eigenvalue weighted by atomic mass is 16.5. The minimum Gasteiger partial charge on any atom is -0.495 e. The van der Waals surface area contributed by atoms with Gasteiger partial charge in [0.05, 0.1) is 19.2 Å². The number of amides is 1. The van der Waals surface area contributed by atoms with Crippen molar-refractivity contribution in [2.75, 3.05) is 24.3 Å². The Morgan fingerprint density at radius 1 is 1.39 bits per heavy atom. The fourth-order valence-corrected chi connectivity index (χ4v) is 1.43. The Morgan fingerprint density at radius 2 is 2.11 bits per heavy atom. The zero-order chi connectivity index (χ0) is 13.5. The van der Waals surface area contributed by atoms with Crippen LogP contribution in [0.2, 0.25) is 0 Å². The van der Waals surface area contributed by atoms with Crippen LogP contribution in [0.1, 0.15) is 13.3 Å². The number of anilines is 2. The predicted octanol–water partition coefficient (Wildman–Crippen LogP) is 1.54. The van der Waals surface area contributed by atoms with Gasteiger partial charge < -0.3 is 20.5 Å². The number of rotatable bonds is 6. The molecule has 0 aliphatic heterocycles. The van der Waals surface area contributed by atoms with Gasteiger partial charge in [-0.05, 0) is 18.2 Å². The molecule has 0 fully saturated rings. The van der Waals surface area contributed by atoms with Crippen molar-refractivity contribution in [1.82, 2.24) is 0 Å². The lowest BCUT2D eigenvalue weighted by Gasteiger charge is -2.12. The molecule has 0 atom stereocenters. The Labute approximate surface area is 105 Å². The van der Waals surface area contributed by atoms with Gasteiger partial charge in [0.2, 0.25) is 5.91 Å². The zero-order valence-electron chi connectivity index (χ0n) is 10.3. The summed E-state index contributed by atoms with van der Waals surface area (Å²) in [4.78, 5) is 21.4. The third kappa shape index (κ3) is 4.32. The molecule has 18 heavy (non-hydrogen) atoms. The molecule has 1 aromatic carbocycles. The normalized spacial score (nSPS) is 9.67. The van der Waals surface area contributed by atoms with Crippen LogP contribution in [-0.2, 0) is 9.59 Å². The van der Waals surface area contributed by atoms with Crippen molar-refractivity contribution in [1.29, 1.82) is 0 Å². The molecule has 3 N–H and O–H groups in total. The van der Waals surface area contributed by atoms with Crippen LogP contribution in [-0.4, -0.2) is 30.6 Å². The highest BCUT2D eigenvalue weighted by Gasteiger charge is 2.06. The van der Waals surface area contributed by atoms with Crippen molar-refractivity contribution in [2.24, 2.45) is 0 Å². The van der Waals surface area contributed by atoms with Crippen molar-refractivity contribution in [3.8, 4) is 5.75 Å². The molecule has 6 nitrogen and oxygen atoms in total. The second-order valence-electron chi connectivity index (χ2n) is 3.67. The summed E-state index contributed by atoms with van der Waals surface area (Å²) in [6, 6.07) is 5.11. The summed E-state index contributed by atoms with van der Waals surface area (Å²) in [5, 5.41) is 14.2. The quantitative estimate of drug-likeness (QED) is 0.714. The highest BCUT2D eigenvalue weighted by Crippen LogP contribution is 2.27. The SMILES string of the molecule is COc1ccc(NC(C)=O)cc1NCCC(=O)O.